The molecule has 1 heterocycles. The van der Waals surface area contributed by atoms with Crippen molar-refractivity contribution in [2.45, 2.75) is 18.9 Å². The fourth-order valence-electron chi connectivity index (χ4n) is 0.970. The Hall–Kier alpha value is -1.98. The van der Waals surface area contributed by atoms with Crippen molar-refractivity contribution >= 4 is 12.3 Å². The summed E-state index contributed by atoms with van der Waals surface area (Å²) in [5.74, 6) is 0. The molecule has 0 radical (unpaired) electrons. The summed E-state index contributed by atoms with van der Waals surface area (Å²) in [7, 11) is 0. The second kappa shape index (κ2) is 4.04. The maximum atomic E-state index is 10.4. The lowest BCUT2D eigenvalue weighted by molar-refractivity contribution is 0.207. The largest absolute Gasteiger partial charge is 0.412 e. The normalized spacial score (nSPS) is 15.5. The summed E-state index contributed by atoms with van der Waals surface area (Å²) < 4.78 is 4.53. The molecule has 2 rings (SSSR count). The monoisotopic (exact) mass is 206 g/mol. The van der Waals surface area contributed by atoms with Gasteiger partial charge in [0.25, 0.3) is 0 Å². The number of amides is 1. The van der Waals surface area contributed by atoms with E-state index < -0.39 is 6.09 Å². The number of ether oxygens (including phenoxy) is 1. The van der Waals surface area contributed by atoms with Crippen LogP contribution in [0.5, 0.6) is 6.01 Å². The molecule has 0 atom stereocenters. The van der Waals surface area contributed by atoms with Gasteiger partial charge >= 0.3 is 12.1 Å². The number of hydrogen-bond donors (Lipinski definition) is 1. The first-order chi connectivity index (χ1) is 7.24. The average Bonchev–Trinajstić information content (AvgIpc) is 2.97. The van der Waals surface area contributed by atoms with Gasteiger partial charge in [-0.3, -0.25) is 4.99 Å². The van der Waals surface area contributed by atoms with Crippen LogP contribution in [-0.4, -0.2) is 28.3 Å². The third-order valence-electron chi connectivity index (χ3n) is 1.81. The van der Waals surface area contributed by atoms with E-state index in [0.717, 1.165) is 12.8 Å². The van der Waals surface area contributed by atoms with Gasteiger partial charge in [-0.05, 0) is 18.9 Å². The molecule has 0 unspecified atom stereocenters. The van der Waals surface area contributed by atoms with Crippen molar-refractivity contribution in [1.82, 2.24) is 9.97 Å². The number of carbonyl (C=O) groups excluding carboxylic acids is 1. The molecule has 0 saturated heterocycles. The van der Waals surface area contributed by atoms with Crippen LogP contribution in [-0.2, 0) is 0 Å². The third-order valence-corrected chi connectivity index (χ3v) is 1.81. The van der Waals surface area contributed by atoms with Crippen LogP contribution < -0.4 is 10.5 Å². The van der Waals surface area contributed by atoms with E-state index in [4.69, 9.17) is 5.73 Å². The van der Waals surface area contributed by atoms with Gasteiger partial charge in [0.05, 0.1) is 11.7 Å². The lowest BCUT2D eigenvalue weighted by Gasteiger charge is -1.98. The fraction of sp³-hybridized carbons (Fsp3) is 0.333. The fourth-order valence-corrected chi connectivity index (χ4v) is 0.970. The Morgan fingerprint density at radius 3 is 3.13 bits per heavy atom. The van der Waals surface area contributed by atoms with Gasteiger partial charge in [0.15, 0.2) is 0 Å². The minimum absolute atomic E-state index is 0.0535. The van der Waals surface area contributed by atoms with E-state index in [0.29, 0.717) is 11.7 Å². The summed E-state index contributed by atoms with van der Waals surface area (Å²) in [5.41, 5.74) is 5.44. The van der Waals surface area contributed by atoms with Crippen molar-refractivity contribution in [3.8, 4) is 6.01 Å². The molecular formula is C9H10N4O2. The first-order valence-electron chi connectivity index (χ1n) is 4.57. The van der Waals surface area contributed by atoms with E-state index in [1.807, 2.05) is 0 Å². The lowest BCUT2D eigenvalue weighted by atomic mass is 10.4. The van der Waals surface area contributed by atoms with Crippen LogP contribution in [0.1, 0.15) is 18.5 Å². The highest BCUT2D eigenvalue weighted by Gasteiger charge is 2.18. The van der Waals surface area contributed by atoms with Crippen LogP contribution in [0.25, 0.3) is 0 Å². The Balaban J connectivity index is 2.07. The van der Waals surface area contributed by atoms with Crippen LogP contribution >= 0.6 is 0 Å². The molecule has 1 saturated carbocycles. The Labute approximate surface area is 86.2 Å². The smallest absolute Gasteiger partial charge is 0.374 e. The predicted molar refractivity (Wildman–Crippen MR) is 52.9 cm³/mol. The molecule has 1 aromatic rings. The molecule has 1 amide bonds. The van der Waals surface area contributed by atoms with Gasteiger partial charge in [0, 0.05) is 12.4 Å². The van der Waals surface area contributed by atoms with Crippen LogP contribution in [0, 0.1) is 0 Å². The highest BCUT2D eigenvalue weighted by Crippen LogP contribution is 2.23. The standard InChI is InChI=1S/C9H10N4O2/c10-8(14)15-9-11-4-3-7(13-9)5-12-6-1-2-6/h3-6H,1-2H2,(H2,10,14). The molecule has 1 aliphatic carbocycles. The van der Waals surface area contributed by atoms with Crippen molar-refractivity contribution in [2.24, 2.45) is 10.7 Å². The minimum atomic E-state index is -0.925. The number of nitrogens with zero attached hydrogens (tertiary/aromatic N) is 3. The van der Waals surface area contributed by atoms with Crippen molar-refractivity contribution in [3.63, 3.8) is 0 Å². The molecule has 0 aromatic carbocycles. The van der Waals surface area contributed by atoms with Gasteiger partial charge < -0.3 is 10.5 Å². The number of rotatable bonds is 3. The summed E-state index contributed by atoms with van der Waals surface area (Å²) in [4.78, 5) is 22.3. The zero-order chi connectivity index (χ0) is 10.7. The van der Waals surface area contributed by atoms with E-state index in [1.54, 1.807) is 12.3 Å². The van der Waals surface area contributed by atoms with Crippen LogP contribution in [0.15, 0.2) is 17.3 Å². The summed E-state index contributed by atoms with van der Waals surface area (Å²) in [6, 6.07) is 2.06. The van der Waals surface area contributed by atoms with Crippen molar-refractivity contribution in [2.75, 3.05) is 0 Å². The molecule has 1 aliphatic rings. The van der Waals surface area contributed by atoms with E-state index in [2.05, 4.69) is 19.7 Å². The highest BCUT2D eigenvalue weighted by molar-refractivity contribution is 5.77. The topological polar surface area (TPSA) is 90.5 Å². The molecule has 1 aromatic heterocycles. The van der Waals surface area contributed by atoms with Crippen LogP contribution in [0.4, 0.5) is 4.79 Å². The summed E-state index contributed by atoms with van der Waals surface area (Å²) >= 11 is 0. The molecule has 0 spiro atoms. The zero-order valence-corrected chi connectivity index (χ0v) is 7.96. The summed E-state index contributed by atoms with van der Waals surface area (Å²) in [6.45, 7) is 0. The molecular weight excluding hydrogens is 196 g/mol. The van der Waals surface area contributed by atoms with Gasteiger partial charge in [0.2, 0.25) is 0 Å². The predicted octanol–water partition coefficient (Wildman–Crippen LogP) is 0.515. The second-order valence-corrected chi connectivity index (χ2v) is 3.19. The van der Waals surface area contributed by atoms with Crippen molar-refractivity contribution in [3.05, 3.63) is 18.0 Å². The minimum Gasteiger partial charge on any atom is -0.374 e. The van der Waals surface area contributed by atoms with E-state index in [1.165, 1.54) is 6.20 Å². The number of primary amides is 1. The van der Waals surface area contributed by atoms with Crippen molar-refractivity contribution < 1.29 is 9.53 Å². The molecule has 6 heteroatoms. The van der Waals surface area contributed by atoms with E-state index in [-0.39, 0.29) is 6.01 Å². The quantitative estimate of drug-likeness (QED) is 0.729. The van der Waals surface area contributed by atoms with E-state index >= 15 is 0 Å². The number of aromatic nitrogens is 2. The van der Waals surface area contributed by atoms with Crippen molar-refractivity contribution in [1.29, 1.82) is 0 Å². The first-order valence-corrected chi connectivity index (χ1v) is 4.57. The maximum Gasteiger partial charge on any atom is 0.412 e. The third kappa shape index (κ3) is 3.01. The number of hydrogen-bond acceptors (Lipinski definition) is 5. The van der Waals surface area contributed by atoms with E-state index in [9.17, 15) is 4.79 Å². The van der Waals surface area contributed by atoms with Gasteiger partial charge in [-0.1, -0.05) is 0 Å². The van der Waals surface area contributed by atoms with Gasteiger partial charge in [-0.2, -0.15) is 4.98 Å². The Kier molecular flexibility index (Phi) is 2.57. The number of aliphatic imine (C=N–C) groups is 1. The molecule has 78 valence electrons. The number of nitrogens with two attached hydrogens (primary N) is 1. The molecule has 2 N–H and O–H groups in total. The summed E-state index contributed by atoms with van der Waals surface area (Å²) in [6.07, 6.45) is 4.47. The second-order valence-electron chi connectivity index (χ2n) is 3.19. The Bertz CT molecular complexity index is 401. The zero-order valence-electron chi connectivity index (χ0n) is 7.96. The average molecular weight is 206 g/mol. The van der Waals surface area contributed by atoms with Crippen LogP contribution in [0.3, 0.4) is 0 Å². The molecule has 6 nitrogen and oxygen atoms in total. The SMILES string of the molecule is NC(=O)Oc1nccc(C=NC2CC2)n1. The Morgan fingerprint density at radius 1 is 1.67 bits per heavy atom. The highest BCUT2D eigenvalue weighted by atomic mass is 16.6. The van der Waals surface area contributed by atoms with Gasteiger partial charge in [-0.25, -0.2) is 9.78 Å². The molecule has 1 fully saturated rings. The molecule has 0 bridgehead atoms. The molecule has 0 aliphatic heterocycles. The number of carbonyl (C=O) groups is 1. The van der Waals surface area contributed by atoms with Gasteiger partial charge in [-0.15, -0.1) is 0 Å². The molecule has 15 heavy (non-hydrogen) atoms. The Morgan fingerprint density at radius 2 is 2.47 bits per heavy atom. The summed E-state index contributed by atoms with van der Waals surface area (Å²) in [5, 5.41) is 0. The maximum absolute atomic E-state index is 10.4. The lowest BCUT2D eigenvalue weighted by Crippen LogP contribution is -2.17. The van der Waals surface area contributed by atoms with Gasteiger partial charge in [0.1, 0.15) is 0 Å². The van der Waals surface area contributed by atoms with Crippen LogP contribution in [0.2, 0.25) is 0 Å². The first kappa shape index (κ1) is 9.57.